The number of hydrogen-bond donors (Lipinski definition) is 6. The van der Waals surface area contributed by atoms with Crippen LogP contribution in [0.2, 0.25) is 0 Å². The molecule has 1 aliphatic heterocycles. The maximum atomic E-state index is 12.6. The highest BCUT2D eigenvalue weighted by atomic mass is 32.2. The molecule has 38 heavy (non-hydrogen) atoms. The third-order valence-electron chi connectivity index (χ3n) is 5.45. The Balaban J connectivity index is 1.57. The molecule has 0 aliphatic carbocycles. The maximum absolute atomic E-state index is 12.6. The number of carbonyl (C=O) groups is 3. The van der Waals surface area contributed by atoms with Crippen molar-refractivity contribution in [2.75, 3.05) is 12.4 Å². The van der Waals surface area contributed by atoms with Gasteiger partial charge in [-0.25, -0.2) is 14.6 Å². The van der Waals surface area contributed by atoms with Gasteiger partial charge in [-0.3, -0.25) is 24.4 Å². The van der Waals surface area contributed by atoms with E-state index in [1.54, 1.807) is 24.3 Å². The molecule has 1 fully saturated rings. The Morgan fingerprint density at radius 3 is 2.53 bits per heavy atom. The topological polar surface area (TPSA) is 203 Å². The third kappa shape index (κ3) is 5.92. The standard InChI is InChI=1S/C24H21N5O8S/c1-37-14-7-5-11(6-8-14)18(17-20(32)27-23(36)28-21(17)33)26-24-29-19(31)15(38-24)10-16(30)25-13-4-2-3-12(9-13)22(34)35/h2-9,15,18H,10H2,1H3,(H,25,30)(H,34,35)(H,26,29,31)(H3,27,28,32,33,36). The molecule has 0 radical (unpaired) electrons. The van der Waals surface area contributed by atoms with Crippen LogP contribution in [-0.2, 0) is 9.59 Å². The van der Waals surface area contributed by atoms with E-state index in [-0.39, 0.29) is 28.4 Å². The Morgan fingerprint density at radius 2 is 1.87 bits per heavy atom. The van der Waals surface area contributed by atoms with Crippen molar-refractivity contribution in [1.29, 1.82) is 0 Å². The maximum Gasteiger partial charge on any atom is 0.335 e. The van der Waals surface area contributed by atoms with Crippen molar-refractivity contribution >= 4 is 40.4 Å². The van der Waals surface area contributed by atoms with E-state index in [9.17, 15) is 29.1 Å². The zero-order valence-electron chi connectivity index (χ0n) is 19.7. The lowest BCUT2D eigenvalue weighted by Crippen LogP contribution is -2.29. The molecular formula is C24H21N5O8S. The highest BCUT2D eigenvalue weighted by molar-refractivity contribution is 8.15. The van der Waals surface area contributed by atoms with Crippen molar-refractivity contribution in [3.8, 4) is 11.6 Å². The Hall–Kier alpha value is -4.85. The Morgan fingerprint density at radius 1 is 1.13 bits per heavy atom. The molecule has 0 bridgehead atoms. The Bertz CT molecular complexity index is 1550. The van der Waals surface area contributed by atoms with Crippen LogP contribution in [0.4, 0.5) is 5.69 Å². The molecule has 4 rings (SSSR count). The predicted octanol–water partition coefficient (Wildman–Crippen LogP) is 1.18. The van der Waals surface area contributed by atoms with E-state index in [4.69, 9.17) is 9.84 Å². The number of carboxylic acid groups (broad SMARTS) is 1. The number of nitrogens with one attached hydrogen (secondary N) is 4. The molecule has 1 aliphatic rings. The van der Waals surface area contributed by atoms with Crippen LogP contribution in [0.5, 0.6) is 11.6 Å². The number of aromatic amines is 2. The summed E-state index contributed by atoms with van der Waals surface area (Å²) >= 11 is 0.950. The number of amidine groups is 1. The first-order chi connectivity index (χ1) is 18.1. The molecule has 2 atom stereocenters. The van der Waals surface area contributed by atoms with Crippen molar-refractivity contribution < 1.29 is 29.3 Å². The van der Waals surface area contributed by atoms with Gasteiger partial charge in [-0.05, 0) is 35.9 Å². The molecule has 6 N–H and O–H groups in total. The number of methoxy groups -OCH3 is 1. The van der Waals surface area contributed by atoms with Gasteiger partial charge in [0.1, 0.15) is 22.6 Å². The number of amides is 2. The SMILES string of the molecule is COc1ccc(C(N=C2NC(=O)C(CC(=O)Nc3cccc(C(=O)O)c3)S2)c2c(O)[nH]c(=O)[nH]c2=O)cc1. The van der Waals surface area contributed by atoms with E-state index in [1.165, 1.54) is 31.4 Å². The summed E-state index contributed by atoms with van der Waals surface area (Å²) < 4.78 is 5.15. The smallest absolute Gasteiger partial charge is 0.335 e. The first-order valence-electron chi connectivity index (χ1n) is 11.0. The number of aromatic carboxylic acids is 1. The van der Waals surface area contributed by atoms with Crippen molar-refractivity contribution in [3.05, 3.63) is 86.1 Å². The number of hydrogen-bond acceptors (Lipinski definition) is 9. The average molecular weight is 540 g/mol. The summed E-state index contributed by atoms with van der Waals surface area (Å²) in [6, 6.07) is 11.0. The molecule has 14 heteroatoms. The molecule has 13 nitrogen and oxygen atoms in total. The molecule has 2 aromatic carbocycles. The highest BCUT2D eigenvalue weighted by Gasteiger charge is 2.34. The minimum Gasteiger partial charge on any atom is -0.497 e. The van der Waals surface area contributed by atoms with Crippen LogP contribution >= 0.6 is 11.8 Å². The van der Waals surface area contributed by atoms with Gasteiger partial charge in [0.05, 0.1) is 12.7 Å². The fraction of sp³-hybridized carbons (Fsp3) is 0.167. The lowest BCUT2D eigenvalue weighted by molar-refractivity contribution is -0.122. The van der Waals surface area contributed by atoms with Crippen molar-refractivity contribution in [1.82, 2.24) is 15.3 Å². The lowest BCUT2D eigenvalue weighted by atomic mass is 10.0. The van der Waals surface area contributed by atoms with Gasteiger partial charge in [0.2, 0.25) is 17.7 Å². The van der Waals surface area contributed by atoms with E-state index in [2.05, 4.69) is 25.6 Å². The summed E-state index contributed by atoms with van der Waals surface area (Å²) in [4.78, 5) is 69.0. The minimum atomic E-state index is -1.15. The molecule has 2 heterocycles. The van der Waals surface area contributed by atoms with Crippen LogP contribution in [0.25, 0.3) is 0 Å². The van der Waals surface area contributed by atoms with Crippen LogP contribution in [0.3, 0.4) is 0 Å². The number of carbonyl (C=O) groups excluding carboxylic acids is 2. The van der Waals surface area contributed by atoms with Crippen molar-refractivity contribution in [2.45, 2.75) is 17.7 Å². The van der Waals surface area contributed by atoms with Crippen LogP contribution in [-0.4, -0.2) is 55.5 Å². The first kappa shape index (κ1) is 26.2. The predicted molar refractivity (Wildman–Crippen MR) is 138 cm³/mol. The van der Waals surface area contributed by atoms with Gasteiger partial charge >= 0.3 is 11.7 Å². The van der Waals surface area contributed by atoms with Crippen molar-refractivity contribution in [3.63, 3.8) is 0 Å². The van der Waals surface area contributed by atoms with Gasteiger partial charge in [0.25, 0.3) is 5.56 Å². The lowest BCUT2D eigenvalue weighted by Gasteiger charge is -2.15. The Labute approximate surface area is 218 Å². The van der Waals surface area contributed by atoms with Gasteiger partial charge < -0.3 is 25.6 Å². The minimum absolute atomic E-state index is 0.00438. The molecule has 1 aromatic heterocycles. The fourth-order valence-electron chi connectivity index (χ4n) is 3.66. The summed E-state index contributed by atoms with van der Waals surface area (Å²) in [5.74, 6) is -2.33. The number of H-pyrrole nitrogens is 2. The van der Waals surface area contributed by atoms with E-state index >= 15 is 0 Å². The summed E-state index contributed by atoms with van der Waals surface area (Å²) in [6.07, 6.45) is -0.246. The van der Waals surface area contributed by atoms with E-state index in [1.807, 2.05) is 0 Å². The molecule has 2 amide bonds. The molecule has 2 unspecified atom stereocenters. The highest BCUT2D eigenvalue weighted by Crippen LogP contribution is 2.32. The molecular weight excluding hydrogens is 518 g/mol. The van der Waals surface area contributed by atoms with Crippen LogP contribution in [0.15, 0.2) is 63.1 Å². The van der Waals surface area contributed by atoms with Crippen LogP contribution < -0.4 is 26.6 Å². The van der Waals surface area contributed by atoms with Gasteiger partial charge in [0.15, 0.2) is 5.17 Å². The zero-order valence-corrected chi connectivity index (χ0v) is 20.5. The van der Waals surface area contributed by atoms with E-state index in [0.717, 1.165) is 11.8 Å². The van der Waals surface area contributed by atoms with Crippen LogP contribution in [0, 0.1) is 0 Å². The van der Waals surface area contributed by atoms with Crippen LogP contribution in [0.1, 0.15) is 33.9 Å². The zero-order chi connectivity index (χ0) is 27.4. The van der Waals surface area contributed by atoms with E-state index in [0.29, 0.717) is 11.3 Å². The normalized spacial score (nSPS) is 16.6. The fourth-order valence-corrected chi connectivity index (χ4v) is 4.65. The van der Waals surface area contributed by atoms with Gasteiger partial charge in [-0.1, -0.05) is 30.0 Å². The molecule has 1 saturated heterocycles. The second-order valence-electron chi connectivity index (χ2n) is 8.01. The second kappa shape index (κ2) is 11.0. The van der Waals surface area contributed by atoms with Gasteiger partial charge in [0, 0.05) is 12.1 Å². The number of aliphatic imine (C=N–C) groups is 1. The summed E-state index contributed by atoms with van der Waals surface area (Å²) in [5, 5.41) is 23.8. The number of aromatic nitrogens is 2. The number of thioether (sulfide) groups is 1. The Kier molecular flexibility index (Phi) is 7.62. The third-order valence-corrected chi connectivity index (χ3v) is 6.55. The number of aromatic hydroxyl groups is 1. The molecule has 0 saturated carbocycles. The number of carboxylic acids is 1. The number of benzene rings is 2. The van der Waals surface area contributed by atoms with Gasteiger partial charge in [-0.15, -0.1) is 0 Å². The number of nitrogens with zero attached hydrogens (tertiary/aromatic N) is 1. The molecule has 0 spiro atoms. The molecule has 196 valence electrons. The summed E-state index contributed by atoms with van der Waals surface area (Å²) in [6.45, 7) is 0. The largest absolute Gasteiger partial charge is 0.497 e. The van der Waals surface area contributed by atoms with E-state index < -0.39 is 46.2 Å². The monoisotopic (exact) mass is 539 g/mol. The number of anilines is 1. The van der Waals surface area contributed by atoms with Crippen molar-refractivity contribution in [2.24, 2.45) is 4.99 Å². The molecule has 3 aromatic rings. The number of rotatable bonds is 8. The summed E-state index contributed by atoms with van der Waals surface area (Å²) in [5.41, 5.74) is -1.32. The quantitative estimate of drug-likeness (QED) is 0.243. The van der Waals surface area contributed by atoms with Gasteiger partial charge in [-0.2, -0.15) is 0 Å². The summed E-state index contributed by atoms with van der Waals surface area (Å²) in [7, 11) is 1.48. The second-order valence-corrected chi connectivity index (χ2v) is 9.21. The number of ether oxygens (including phenoxy) is 1. The first-order valence-corrected chi connectivity index (χ1v) is 11.9. The average Bonchev–Trinajstić information content (AvgIpc) is 3.21.